The molecule has 1 N–H and O–H groups in total. The minimum Gasteiger partial charge on any atom is -0.438 e. The van der Waals surface area contributed by atoms with Gasteiger partial charge in [-0.1, -0.05) is 29.3 Å². The maximum Gasteiger partial charge on any atom is 0.256 e. The summed E-state index contributed by atoms with van der Waals surface area (Å²) in [5, 5.41) is 4.68. The SMILES string of the molecule is Cc1ccc(N=c2oc3ccc(Cl)cc3cc2C(=O)NC[C@@H]2CCCO2)c(Cl)c1. The van der Waals surface area contributed by atoms with Gasteiger partial charge in [0.15, 0.2) is 0 Å². The zero-order valence-electron chi connectivity index (χ0n) is 15.9. The smallest absolute Gasteiger partial charge is 0.256 e. The van der Waals surface area contributed by atoms with E-state index in [0.29, 0.717) is 38.8 Å². The largest absolute Gasteiger partial charge is 0.438 e. The minimum absolute atomic E-state index is 0.0396. The average molecular weight is 431 g/mol. The van der Waals surface area contributed by atoms with Crippen LogP contribution in [0.4, 0.5) is 5.69 Å². The summed E-state index contributed by atoms with van der Waals surface area (Å²) < 4.78 is 11.5. The van der Waals surface area contributed by atoms with E-state index in [1.165, 1.54) is 0 Å². The molecule has 3 aromatic rings. The number of benzene rings is 2. The lowest BCUT2D eigenvalue weighted by Crippen LogP contribution is -2.34. The van der Waals surface area contributed by atoms with Crippen LogP contribution in [0.1, 0.15) is 28.8 Å². The van der Waals surface area contributed by atoms with Crippen molar-refractivity contribution >= 4 is 45.8 Å². The first kappa shape index (κ1) is 20.0. The summed E-state index contributed by atoms with van der Waals surface area (Å²) in [6, 6.07) is 12.5. The molecule has 0 saturated carbocycles. The van der Waals surface area contributed by atoms with E-state index in [4.69, 9.17) is 32.4 Å². The fourth-order valence-corrected chi connectivity index (χ4v) is 3.72. The van der Waals surface area contributed by atoms with Crippen molar-refractivity contribution in [2.75, 3.05) is 13.2 Å². The number of aryl methyl sites for hydroxylation is 1. The van der Waals surface area contributed by atoms with Crippen molar-refractivity contribution in [3.63, 3.8) is 0 Å². The molecular weight excluding hydrogens is 411 g/mol. The second kappa shape index (κ2) is 8.57. The average Bonchev–Trinajstić information content (AvgIpc) is 3.21. The minimum atomic E-state index is -0.284. The van der Waals surface area contributed by atoms with E-state index in [1.807, 2.05) is 19.1 Å². The Morgan fingerprint density at radius 1 is 1.21 bits per heavy atom. The number of ether oxygens (including phenoxy) is 1. The summed E-state index contributed by atoms with van der Waals surface area (Å²) in [7, 11) is 0. The van der Waals surface area contributed by atoms with Gasteiger partial charge in [0.1, 0.15) is 11.1 Å². The van der Waals surface area contributed by atoms with Gasteiger partial charge in [-0.15, -0.1) is 0 Å². The number of halogens is 2. The maximum atomic E-state index is 12.9. The Labute approximate surface area is 178 Å². The van der Waals surface area contributed by atoms with E-state index in [1.54, 1.807) is 30.3 Å². The monoisotopic (exact) mass is 430 g/mol. The predicted molar refractivity (Wildman–Crippen MR) is 114 cm³/mol. The summed E-state index contributed by atoms with van der Waals surface area (Å²) in [6.45, 7) is 3.12. The van der Waals surface area contributed by atoms with E-state index in [9.17, 15) is 4.79 Å². The Kier molecular flexibility index (Phi) is 5.90. The lowest BCUT2D eigenvalue weighted by molar-refractivity contribution is 0.0854. The highest BCUT2D eigenvalue weighted by atomic mass is 35.5. The Balaban J connectivity index is 1.78. The molecule has 1 aliphatic rings. The molecule has 150 valence electrons. The van der Waals surface area contributed by atoms with Gasteiger partial charge >= 0.3 is 0 Å². The zero-order valence-corrected chi connectivity index (χ0v) is 17.4. The van der Waals surface area contributed by atoms with Gasteiger partial charge in [0.05, 0.1) is 16.8 Å². The number of hydrogen-bond donors (Lipinski definition) is 1. The lowest BCUT2D eigenvalue weighted by Gasteiger charge is -2.11. The standard InChI is InChI=1S/C22H20Cl2N2O3/c1-13-4-6-19(18(24)9-13)26-22-17(21(27)25-12-16-3-2-8-28-16)11-14-10-15(23)5-7-20(14)29-22/h4-7,9-11,16H,2-3,8,12H2,1H3,(H,25,27)/t16-/m0/s1. The number of carbonyl (C=O) groups excluding carboxylic acids is 1. The third-order valence-electron chi connectivity index (χ3n) is 4.79. The summed E-state index contributed by atoms with van der Waals surface area (Å²) in [6.07, 6.45) is 1.99. The molecule has 0 radical (unpaired) electrons. The number of hydrogen-bond acceptors (Lipinski definition) is 4. The molecule has 7 heteroatoms. The predicted octanol–water partition coefficient (Wildman–Crippen LogP) is 5.19. The Bertz CT molecular complexity index is 1130. The van der Waals surface area contributed by atoms with Gasteiger partial charge in [-0.25, -0.2) is 4.99 Å². The zero-order chi connectivity index (χ0) is 20.4. The molecule has 0 bridgehead atoms. The van der Waals surface area contributed by atoms with Crippen molar-refractivity contribution in [3.8, 4) is 0 Å². The summed E-state index contributed by atoms with van der Waals surface area (Å²) in [5.41, 5.74) is 2.63. The Morgan fingerprint density at radius 2 is 2.07 bits per heavy atom. The molecule has 1 aromatic heterocycles. The summed E-state index contributed by atoms with van der Waals surface area (Å²) in [5.74, 6) is -0.284. The van der Waals surface area contributed by atoms with E-state index in [2.05, 4.69) is 10.3 Å². The van der Waals surface area contributed by atoms with E-state index in [0.717, 1.165) is 25.0 Å². The molecule has 2 aromatic carbocycles. The number of nitrogens with one attached hydrogen (secondary N) is 1. The molecule has 1 aliphatic heterocycles. The fourth-order valence-electron chi connectivity index (χ4n) is 3.27. The molecule has 4 rings (SSSR count). The molecule has 1 atom stereocenters. The van der Waals surface area contributed by atoms with Crippen molar-refractivity contribution in [3.05, 3.63) is 69.2 Å². The number of amides is 1. The molecule has 29 heavy (non-hydrogen) atoms. The lowest BCUT2D eigenvalue weighted by atomic mass is 10.1. The Hall–Kier alpha value is -2.34. The van der Waals surface area contributed by atoms with Crippen molar-refractivity contribution < 1.29 is 13.9 Å². The first-order valence-corrected chi connectivity index (χ1v) is 10.2. The van der Waals surface area contributed by atoms with Crippen LogP contribution < -0.4 is 10.9 Å². The van der Waals surface area contributed by atoms with Crippen molar-refractivity contribution in [2.24, 2.45) is 4.99 Å². The van der Waals surface area contributed by atoms with Crippen molar-refractivity contribution in [1.29, 1.82) is 0 Å². The second-order valence-corrected chi connectivity index (χ2v) is 7.90. The fraction of sp³-hybridized carbons (Fsp3) is 0.273. The van der Waals surface area contributed by atoms with Crippen LogP contribution in [-0.2, 0) is 4.74 Å². The highest BCUT2D eigenvalue weighted by Gasteiger charge is 2.19. The first-order valence-electron chi connectivity index (χ1n) is 9.44. The molecular formula is C22H20Cl2N2O3. The third kappa shape index (κ3) is 4.64. The van der Waals surface area contributed by atoms with Crippen LogP contribution >= 0.6 is 23.2 Å². The van der Waals surface area contributed by atoms with E-state index < -0.39 is 0 Å². The Morgan fingerprint density at radius 3 is 2.83 bits per heavy atom. The van der Waals surface area contributed by atoms with Crippen LogP contribution in [-0.4, -0.2) is 25.2 Å². The van der Waals surface area contributed by atoms with Gasteiger partial charge in [-0.2, -0.15) is 0 Å². The normalized spacial score (nSPS) is 17.1. The van der Waals surface area contributed by atoms with Crippen LogP contribution in [0.3, 0.4) is 0 Å². The first-order chi connectivity index (χ1) is 14.0. The van der Waals surface area contributed by atoms with Crippen molar-refractivity contribution in [1.82, 2.24) is 5.32 Å². The third-order valence-corrected chi connectivity index (χ3v) is 5.33. The van der Waals surface area contributed by atoms with Crippen LogP contribution in [0.5, 0.6) is 0 Å². The van der Waals surface area contributed by atoms with Gasteiger partial charge in [0.25, 0.3) is 5.91 Å². The van der Waals surface area contributed by atoms with Crippen molar-refractivity contribution in [2.45, 2.75) is 25.9 Å². The van der Waals surface area contributed by atoms with Gasteiger partial charge in [0, 0.05) is 23.6 Å². The maximum absolute atomic E-state index is 12.9. The highest BCUT2D eigenvalue weighted by Crippen LogP contribution is 2.26. The number of fused-ring (bicyclic) bond motifs is 1. The number of rotatable bonds is 4. The van der Waals surface area contributed by atoms with Crippen LogP contribution in [0.15, 0.2) is 51.9 Å². The van der Waals surface area contributed by atoms with Gasteiger partial charge in [-0.3, -0.25) is 4.79 Å². The van der Waals surface area contributed by atoms with Gasteiger partial charge in [0.2, 0.25) is 5.55 Å². The van der Waals surface area contributed by atoms with Gasteiger partial charge in [-0.05, 0) is 61.7 Å². The molecule has 1 fully saturated rings. The van der Waals surface area contributed by atoms with Crippen LogP contribution in [0, 0.1) is 6.92 Å². The molecule has 2 heterocycles. The molecule has 0 aliphatic carbocycles. The van der Waals surface area contributed by atoms with E-state index >= 15 is 0 Å². The molecule has 0 unspecified atom stereocenters. The summed E-state index contributed by atoms with van der Waals surface area (Å²) >= 11 is 12.4. The van der Waals surface area contributed by atoms with E-state index in [-0.39, 0.29) is 17.6 Å². The highest BCUT2D eigenvalue weighted by molar-refractivity contribution is 6.33. The molecule has 1 amide bonds. The topological polar surface area (TPSA) is 63.8 Å². The van der Waals surface area contributed by atoms with Gasteiger partial charge < -0.3 is 14.5 Å². The van der Waals surface area contributed by atoms with Crippen LogP contribution in [0.25, 0.3) is 11.0 Å². The summed E-state index contributed by atoms with van der Waals surface area (Å²) in [4.78, 5) is 17.5. The van der Waals surface area contributed by atoms with Crippen LogP contribution in [0.2, 0.25) is 10.0 Å². The molecule has 5 nitrogen and oxygen atoms in total. The molecule has 1 saturated heterocycles. The number of nitrogens with zero attached hydrogens (tertiary/aromatic N) is 1. The molecule has 0 spiro atoms. The second-order valence-electron chi connectivity index (χ2n) is 7.06. The number of carbonyl (C=O) groups is 1. The quantitative estimate of drug-likeness (QED) is 0.619.